The van der Waals surface area contributed by atoms with Gasteiger partial charge in [-0.25, -0.2) is 0 Å². The molecule has 0 unspecified atom stereocenters. The van der Waals surface area contributed by atoms with Crippen LogP contribution < -0.4 is 10.0 Å². The van der Waals surface area contributed by atoms with E-state index >= 15 is 0 Å². The summed E-state index contributed by atoms with van der Waals surface area (Å²) in [5.74, 6) is 0. The summed E-state index contributed by atoms with van der Waals surface area (Å²) in [5.41, 5.74) is 1.26. The van der Waals surface area contributed by atoms with Crippen LogP contribution in [0.2, 0.25) is 0 Å². The van der Waals surface area contributed by atoms with Crippen molar-refractivity contribution in [1.82, 2.24) is 0 Å². The molecule has 3 nitrogen and oxygen atoms in total. The third-order valence-electron chi connectivity index (χ3n) is 2.35. The van der Waals surface area contributed by atoms with Gasteiger partial charge in [-0.15, -0.1) is 0 Å². The second-order valence-electron chi connectivity index (χ2n) is 3.21. The molecule has 1 fully saturated rings. The van der Waals surface area contributed by atoms with Gasteiger partial charge >= 0.3 is 0 Å². The molecule has 1 heterocycles. The van der Waals surface area contributed by atoms with Crippen LogP contribution in [-0.2, 0) is 4.74 Å². The average molecular weight is 210 g/mol. The Balaban J connectivity index is 2.07. The molecule has 0 aromatic heterocycles. The van der Waals surface area contributed by atoms with Crippen LogP contribution in [0.3, 0.4) is 0 Å². The summed E-state index contributed by atoms with van der Waals surface area (Å²) < 4.78 is 5.30. The van der Waals surface area contributed by atoms with Crippen LogP contribution in [0.4, 0.5) is 5.69 Å². The Morgan fingerprint density at radius 3 is 2.36 bits per heavy atom. The predicted octanol–water partition coefficient (Wildman–Crippen LogP) is 1.49. The molecule has 4 heteroatoms. The second-order valence-corrected chi connectivity index (χ2v) is 3.92. The van der Waals surface area contributed by atoms with Crippen LogP contribution in [0.5, 0.6) is 0 Å². The van der Waals surface area contributed by atoms with Gasteiger partial charge in [0.15, 0.2) is 0 Å². The summed E-state index contributed by atoms with van der Waals surface area (Å²) >= 11 is 1.28. The molecule has 0 atom stereocenters. The molecule has 0 aliphatic carbocycles. The highest BCUT2D eigenvalue weighted by Gasteiger charge is 2.10. The molecule has 1 aromatic rings. The second kappa shape index (κ2) is 4.68. The van der Waals surface area contributed by atoms with Gasteiger partial charge in [-0.05, 0) is 36.2 Å². The number of nitrogens with zero attached hydrogens (tertiary/aromatic N) is 1. The molecule has 1 saturated heterocycles. The lowest BCUT2D eigenvalue weighted by atomic mass is 10.2. The zero-order valence-electron chi connectivity index (χ0n) is 7.98. The molecule has 1 aromatic carbocycles. The van der Waals surface area contributed by atoms with Crippen molar-refractivity contribution in [3.05, 3.63) is 24.3 Å². The highest BCUT2D eigenvalue weighted by Crippen LogP contribution is 2.19. The first-order valence-electron chi connectivity index (χ1n) is 4.69. The lowest BCUT2D eigenvalue weighted by Gasteiger charge is -2.28. The average Bonchev–Trinajstić information content (AvgIpc) is 2.30. The fourth-order valence-electron chi connectivity index (χ4n) is 1.56. The SMILES string of the molecule is NSc1ccc(N2CCOCC2)cc1. The van der Waals surface area contributed by atoms with E-state index in [1.54, 1.807) is 0 Å². The van der Waals surface area contributed by atoms with E-state index in [4.69, 9.17) is 9.88 Å². The maximum Gasteiger partial charge on any atom is 0.0642 e. The molecule has 1 aliphatic heterocycles. The van der Waals surface area contributed by atoms with Crippen molar-refractivity contribution in [3.63, 3.8) is 0 Å². The van der Waals surface area contributed by atoms with Crippen LogP contribution in [0.1, 0.15) is 0 Å². The molecule has 0 saturated carbocycles. The number of morpholine rings is 1. The molecule has 2 rings (SSSR count). The number of benzene rings is 1. The zero-order valence-corrected chi connectivity index (χ0v) is 8.80. The van der Waals surface area contributed by atoms with Gasteiger partial charge < -0.3 is 9.64 Å². The Bertz CT molecular complexity index is 283. The number of hydrogen-bond donors (Lipinski definition) is 1. The van der Waals surface area contributed by atoms with Crippen LogP contribution in [0.15, 0.2) is 29.2 Å². The van der Waals surface area contributed by atoms with Crippen molar-refractivity contribution >= 4 is 17.6 Å². The molecule has 0 amide bonds. The minimum absolute atomic E-state index is 0.827. The predicted molar refractivity (Wildman–Crippen MR) is 59.5 cm³/mol. The van der Waals surface area contributed by atoms with Gasteiger partial charge in [0, 0.05) is 23.7 Å². The summed E-state index contributed by atoms with van der Waals surface area (Å²) in [4.78, 5) is 3.43. The third kappa shape index (κ3) is 2.20. The Morgan fingerprint density at radius 1 is 1.14 bits per heavy atom. The zero-order chi connectivity index (χ0) is 9.80. The number of nitrogens with two attached hydrogens (primary N) is 1. The van der Waals surface area contributed by atoms with Gasteiger partial charge in [-0.3, -0.25) is 5.14 Å². The number of hydrogen-bond acceptors (Lipinski definition) is 4. The molecule has 0 spiro atoms. The first-order chi connectivity index (χ1) is 6.90. The highest BCUT2D eigenvalue weighted by atomic mass is 32.2. The molecule has 2 N–H and O–H groups in total. The molecule has 14 heavy (non-hydrogen) atoms. The molecule has 0 radical (unpaired) electrons. The highest BCUT2D eigenvalue weighted by molar-refractivity contribution is 7.97. The van der Waals surface area contributed by atoms with Crippen LogP contribution in [-0.4, -0.2) is 26.3 Å². The van der Waals surface area contributed by atoms with Crippen molar-refractivity contribution in [3.8, 4) is 0 Å². The maximum absolute atomic E-state index is 5.46. The van der Waals surface area contributed by atoms with E-state index in [1.807, 2.05) is 0 Å². The van der Waals surface area contributed by atoms with Gasteiger partial charge in [0.05, 0.1) is 13.2 Å². The van der Waals surface area contributed by atoms with Crippen LogP contribution in [0, 0.1) is 0 Å². The van der Waals surface area contributed by atoms with E-state index in [0.29, 0.717) is 0 Å². The van der Waals surface area contributed by atoms with Gasteiger partial charge in [0.1, 0.15) is 0 Å². The van der Waals surface area contributed by atoms with Crippen molar-refractivity contribution in [2.24, 2.45) is 5.14 Å². The van der Waals surface area contributed by atoms with E-state index in [9.17, 15) is 0 Å². The first kappa shape index (κ1) is 9.83. The molecule has 1 aliphatic rings. The number of anilines is 1. The maximum atomic E-state index is 5.46. The lowest BCUT2D eigenvalue weighted by Crippen LogP contribution is -2.36. The van der Waals surface area contributed by atoms with Gasteiger partial charge in [-0.2, -0.15) is 0 Å². The normalized spacial score (nSPS) is 17.1. The van der Waals surface area contributed by atoms with Crippen molar-refractivity contribution in [2.45, 2.75) is 4.90 Å². The van der Waals surface area contributed by atoms with E-state index in [1.165, 1.54) is 17.6 Å². The van der Waals surface area contributed by atoms with Gasteiger partial charge in [0.25, 0.3) is 0 Å². The topological polar surface area (TPSA) is 38.5 Å². The fourth-order valence-corrected chi connectivity index (χ4v) is 1.85. The van der Waals surface area contributed by atoms with E-state index in [2.05, 4.69) is 29.2 Å². The number of ether oxygens (including phenoxy) is 1. The van der Waals surface area contributed by atoms with Crippen molar-refractivity contribution in [1.29, 1.82) is 0 Å². The Labute approximate surface area is 88.4 Å². The Hall–Kier alpha value is -0.710. The Kier molecular flexibility index (Phi) is 3.29. The third-order valence-corrected chi connectivity index (χ3v) is 2.89. The summed E-state index contributed by atoms with van der Waals surface area (Å²) in [6, 6.07) is 8.33. The Morgan fingerprint density at radius 2 is 1.79 bits per heavy atom. The largest absolute Gasteiger partial charge is 0.378 e. The minimum Gasteiger partial charge on any atom is -0.378 e. The van der Waals surface area contributed by atoms with Crippen LogP contribution >= 0.6 is 11.9 Å². The van der Waals surface area contributed by atoms with E-state index in [-0.39, 0.29) is 0 Å². The van der Waals surface area contributed by atoms with Crippen LogP contribution in [0.25, 0.3) is 0 Å². The molecule has 76 valence electrons. The van der Waals surface area contributed by atoms with E-state index in [0.717, 1.165) is 31.2 Å². The smallest absolute Gasteiger partial charge is 0.0642 e. The fraction of sp³-hybridized carbons (Fsp3) is 0.400. The van der Waals surface area contributed by atoms with E-state index < -0.39 is 0 Å². The summed E-state index contributed by atoms with van der Waals surface area (Å²) in [6.45, 7) is 3.62. The lowest BCUT2D eigenvalue weighted by molar-refractivity contribution is 0.122. The summed E-state index contributed by atoms with van der Waals surface area (Å²) in [7, 11) is 0. The quantitative estimate of drug-likeness (QED) is 0.751. The summed E-state index contributed by atoms with van der Waals surface area (Å²) in [6.07, 6.45) is 0. The van der Waals surface area contributed by atoms with Crippen molar-refractivity contribution in [2.75, 3.05) is 31.2 Å². The monoisotopic (exact) mass is 210 g/mol. The number of rotatable bonds is 2. The molecular formula is C10H14N2OS. The minimum atomic E-state index is 0.827. The standard InChI is InChI=1S/C10H14N2OS/c11-14-10-3-1-9(2-4-10)12-5-7-13-8-6-12/h1-4H,5-8,11H2. The molecule has 0 bridgehead atoms. The van der Waals surface area contributed by atoms with Crippen molar-refractivity contribution < 1.29 is 4.74 Å². The summed E-state index contributed by atoms with van der Waals surface area (Å²) in [5, 5.41) is 5.46. The molecular weight excluding hydrogens is 196 g/mol. The van der Waals surface area contributed by atoms with Gasteiger partial charge in [-0.1, -0.05) is 0 Å². The first-order valence-corrected chi connectivity index (χ1v) is 5.57. The van der Waals surface area contributed by atoms with Gasteiger partial charge in [0.2, 0.25) is 0 Å².